The molecule has 5 heteroatoms. The van der Waals surface area contributed by atoms with Gasteiger partial charge in [-0.05, 0) is 37.5 Å². The van der Waals surface area contributed by atoms with Crippen LogP contribution in [0.2, 0.25) is 0 Å². The van der Waals surface area contributed by atoms with Crippen LogP contribution in [0.3, 0.4) is 0 Å². The molecule has 108 valence electrons. The van der Waals surface area contributed by atoms with Gasteiger partial charge in [-0.25, -0.2) is 9.82 Å². The molecule has 3 rings (SSSR count). The van der Waals surface area contributed by atoms with Crippen LogP contribution in [0.15, 0.2) is 18.2 Å². The summed E-state index contributed by atoms with van der Waals surface area (Å²) in [5.41, 5.74) is 7.39. The summed E-state index contributed by atoms with van der Waals surface area (Å²) >= 11 is 0. The number of fused-ring (bicyclic) bond motifs is 1. The third-order valence-corrected chi connectivity index (χ3v) is 4.39. The minimum Gasteiger partial charge on any atom is -0.325 e. The average Bonchev–Trinajstić information content (AvgIpc) is 2.87. The molecule has 1 saturated heterocycles. The second kappa shape index (κ2) is 5.50. The van der Waals surface area contributed by atoms with E-state index in [2.05, 4.69) is 16.2 Å². The predicted molar refractivity (Wildman–Crippen MR) is 75.6 cm³/mol. The Labute approximate surface area is 118 Å². The first kappa shape index (κ1) is 13.5. The van der Waals surface area contributed by atoms with Gasteiger partial charge >= 0.3 is 0 Å². The summed E-state index contributed by atoms with van der Waals surface area (Å²) in [5.74, 6) is -0.0509. The van der Waals surface area contributed by atoms with Gasteiger partial charge in [0.2, 0.25) is 5.91 Å². The summed E-state index contributed by atoms with van der Waals surface area (Å²) in [6, 6.07) is 4.93. The number of rotatable bonds is 2. The van der Waals surface area contributed by atoms with Crippen LogP contribution in [0.5, 0.6) is 0 Å². The van der Waals surface area contributed by atoms with Crippen LogP contribution < -0.4 is 16.2 Å². The van der Waals surface area contributed by atoms with Crippen LogP contribution >= 0.6 is 0 Å². The van der Waals surface area contributed by atoms with Gasteiger partial charge in [0.1, 0.15) is 11.9 Å². The number of benzene rings is 1. The lowest BCUT2D eigenvalue weighted by Gasteiger charge is -2.26. The molecule has 1 amide bonds. The Morgan fingerprint density at radius 2 is 2.10 bits per heavy atom. The highest BCUT2D eigenvalue weighted by molar-refractivity contribution is 5.95. The number of hydrazine groups is 1. The monoisotopic (exact) mass is 277 g/mol. The Morgan fingerprint density at radius 1 is 1.30 bits per heavy atom. The molecule has 1 aliphatic carbocycles. The van der Waals surface area contributed by atoms with Crippen molar-refractivity contribution in [3.63, 3.8) is 0 Å². The van der Waals surface area contributed by atoms with Crippen molar-refractivity contribution in [2.45, 2.75) is 44.7 Å². The standard InChI is InChI=1S/C15H20FN3O/c1-9-6-7-10(8-12(9)16)17-15(20)14-11-4-2-3-5-13(11)18-19-14/h6-8,11,13-14,18-19H,2-5H2,1H3,(H,17,20). The molecular weight excluding hydrogens is 257 g/mol. The molecule has 3 unspecified atom stereocenters. The van der Waals surface area contributed by atoms with Gasteiger partial charge in [0, 0.05) is 17.6 Å². The molecule has 0 spiro atoms. The first-order valence-electron chi connectivity index (χ1n) is 7.23. The molecule has 1 aromatic rings. The van der Waals surface area contributed by atoms with E-state index in [1.165, 1.54) is 18.9 Å². The number of halogens is 1. The van der Waals surface area contributed by atoms with Gasteiger partial charge in [-0.3, -0.25) is 10.2 Å². The molecule has 0 radical (unpaired) electrons. The number of carbonyl (C=O) groups is 1. The molecule has 20 heavy (non-hydrogen) atoms. The van der Waals surface area contributed by atoms with Gasteiger partial charge in [0.05, 0.1) is 0 Å². The summed E-state index contributed by atoms with van der Waals surface area (Å²) in [6.45, 7) is 1.70. The Bertz CT molecular complexity index is 520. The first-order chi connectivity index (χ1) is 9.65. The average molecular weight is 277 g/mol. The highest BCUT2D eigenvalue weighted by atomic mass is 19.1. The lowest BCUT2D eigenvalue weighted by molar-refractivity contribution is -0.118. The van der Waals surface area contributed by atoms with Crippen molar-refractivity contribution in [1.82, 2.24) is 10.9 Å². The Morgan fingerprint density at radius 3 is 2.90 bits per heavy atom. The maximum Gasteiger partial charge on any atom is 0.243 e. The number of nitrogens with one attached hydrogen (secondary N) is 3. The highest BCUT2D eigenvalue weighted by Gasteiger charge is 2.40. The molecular formula is C15H20FN3O. The van der Waals surface area contributed by atoms with Gasteiger partial charge in [-0.1, -0.05) is 18.9 Å². The van der Waals surface area contributed by atoms with Crippen molar-refractivity contribution in [1.29, 1.82) is 0 Å². The van der Waals surface area contributed by atoms with E-state index in [0.717, 1.165) is 12.8 Å². The van der Waals surface area contributed by atoms with Crippen LogP contribution in [0, 0.1) is 18.7 Å². The molecule has 0 aromatic heterocycles. The summed E-state index contributed by atoms with van der Waals surface area (Å²) < 4.78 is 13.5. The van der Waals surface area contributed by atoms with Crippen molar-refractivity contribution in [3.8, 4) is 0 Å². The molecule has 2 aliphatic rings. The fourth-order valence-electron chi connectivity index (χ4n) is 3.19. The van der Waals surface area contributed by atoms with Crippen molar-refractivity contribution in [2.75, 3.05) is 5.32 Å². The van der Waals surface area contributed by atoms with Gasteiger partial charge in [-0.15, -0.1) is 0 Å². The van der Waals surface area contributed by atoms with Crippen molar-refractivity contribution >= 4 is 11.6 Å². The van der Waals surface area contributed by atoms with E-state index < -0.39 is 0 Å². The third-order valence-electron chi connectivity index (χ3n) is 4.39. The maximum absolute atomic E-state index is 13.5. The number of amides is 1. The molecule has 3 N–H and O–H groups in total. The smallest absolute Gasteiger partial charge is 0.243 e. The van der Waals surface area contributed by atoms with Gasteiger partial charge in [-0.2, -0.15) is 0 Å². The fourth-order valence-corrected chi connectivity index (χ4v) is 3.19. The van der Waals surface area contributed by atoms with Crippen molar-refractivity contribution < 1.29 is 9.18 Å². The van der Waals surface area contributed by atoms with E-state index in [0.29, 0.717) is 23.2 Å². The van der Waals surface area contributed by atoms with E-state index in [-0.39, 0.29) is 17.8 Å². The summed E-state index contributed by atoms with van der Waals surface area (Å²) in [7, 11) is 0. The summed E-state index contributed by atoms with van der Waals surface area (Å²) in [5, 5.41) is 2.80. The van der Waals surface area contributed by atoms with Crippen LogP contribution in [0.25, 0.3) is 0 Å². The largest absolute Gasteiger partial charge is 0.325 e. The molecule has 0 bridgehead atoms. The van der Waals surface area contributed by atoms with E-state index in [1.807, 2.05) is 0 Å². The maximum atomic E-state index is 13.5. The van der Waals surface area contributed by atoms with E-state index in [9.17, 15) is 9.18 Å². The van der Waals surface area contributed by atoms with E-state index >= 15 is 0 Å². The molecule has 1 aliphatic heterocycles. The van der Waals surface area contributed by atoms with Crippen LogP contribution in [-0.4, -0.2) is 18.0 Å². The molecule has 4 nitrogen and oxygen atoms in total. The van der Waals surface area contributed by atoms with E-state index in [1.54, 1.807) is 19.1 Å². The van der Waals surface area contributed by atoms with Crippen LogP contribution in [-0.2, 0) is 4.79 Å². The highest BCUT2D eigenvalue weighted by Crippen LogP contribution is 2.30. The second-order valence-corrected chi connectivity index (χ2v) is 5.77. The minimum absolute atomic E-state index is 0.0878. The van der Waals surface area contributed by atoms with Crippen LogP contribution in [0.4, 0.5) is 10.1 Å². The second-order valence-electron chi connectivity index (χ2n) is 5.77. The molecule has 1 heterocycles. The molecule has 3 atom stereocenters. The number of anilines is 1. The topological polar surface area (TPSA) is 53.2 Å². The third kappa shape index (κ3) is 2.55. The van der Waals surface area contributed by atoms with Gasteiger partial charge in [0.25, 0.3) is 0 Å². The van der Waals surface area contributed by atoms with Crippen molar-refractivity contribution in [3.05, 3.63) is 29.6 Å². The molecule has 1 aromatic carbocycles. The zero-order valence-electron chi connectivity index (χ0n) is 11.6. The number of carbonyl (C=O) groups excluding carboxylic acids is 1. The predicted octanol–water partition coefficient (Wildman–Crippen LogP) is 2.11. The zero-order valence-corrected chi connectivity index (χ0v) is 11.6. The van der Waals surface area contributed by atoms with Crippen molar-refractivity contribution in [2.24, 2.45) is 5.92 Å². The normalized spacial score (nSPS) is 29.0. The van der Waals surface area contributed by atoms with Gasteiger partial charge < -0.3 is 5.32 Å². The summed E-state index contributed by atoms with van der Waals surface area (Å²) in [4.78, 5) is 12.3. The number of hydrogen-bond donors (Lipinski definition) is 3. The lowest BCUT2D eigenvalue weighted by atomic mass is 9.81. The molecule has 1 saturated carbocycles. The Kier molecular flexibility index (Phi) is 3.72. The van der Waals surface area contributed by atoms with Crippen LogP contribution in [0.1, 0.15) is 31.2 Å². The molecule has 2 fully saturated rings. The quantitative estimate of drug-likeness (QED) is 0.776. The minimum atomic E-state index is -0.296. The fraction of sp³-hybridized carbons (Fsp3) is 0.533. The first-order valence-corrected chi connectivity index (χ1v) is 7.23. The van der Waals surface area contributed by atoms with Gasteiger partial charge in [0.15, 0.2) is 0 Å². The SMILES string of the molecule is Cc1ccc(NC(=O)C2NNC3CCCCC32)cc1F. The number of hydrogen-bond acceptors (Lipinski definition) is 3. The summed E-state index contributed by atoms with van der Waals surface area (Å²) in [6.07, 6.45) is 4.56. The zero-order chi connectivity index (χ0) is 14.1. The van der Waals surface area contributed by atoms with E-state index in [4.69, 9.17) is 0 Å². The Hall–Kier alpha value is -1.46. The lowest BCUT2D eigenvalue weighted by Crippen LogP contribution is -2.42. The Balaban J connectivity index is 1.68. The number of aryl methyl sites for hydroxylation is 1.